The van der Waals surface area contributed by atoms with Crippen molar-refractivity contribution in [3.63, 3.8) is 0 Å². The second kappa shape index (κ2) is 6.12. The quantitative estimate of drug-likeness (QED) is 0.909. The number of amides is 1. The first-order valence-corrected chi connectivity index (χ1v) is 8.85. The van der Waals surface area contributed by atoms with Crippen LogP contribution in [0.1, 0.15) is 30.1 Å². The predicted molar refractivity (Wildman–Crippen MR) is 82.1 cm³/mol. The fraction of sp³-hybridized carbons (Fsp3) is 0.462. The molecular formula is C13H16Cl2N2O3S. The van der Waals surface area contributed by atoms with Gasteiger partial charge in [0.25, 0.3) is 5.91 Å². The number of rotatable bonds is 3. The Morgan fingerprint density at radius 2 is 2.10 bits per heavy atom. The summed E-state index contributed by atoms with van der Waals surface area (Å²) in [5.74, 6) is 0.146. The average Bonchev–Trinajstić information content (AvgIpc) is 2.88. The molecule has 2 N–H and O–H groups in total. The van der Waals surface area contributed by atoms with E-state index < -0.39 is 10.0 Å². The molecule has 1 amide bonds. The highest BCUT2D eigenvalue weighted by Crippen LogP contribution is 2.31. The lowest BCUT2D eigenvalue weighted by atomic mass is 10.1. The van der Waals surface area contributed by atoms with Crippen molar-refractivity contribution in [3.05, 3.63) is 27.7 Å². The minimum absolute atomic E-state index is 0.00206. The Balaban J connectivity index is 2.39. The van der Waals surface area contributed by atoms with Crippen LogP contribution in [-0.4, -0.2) is 32.3 Å². The maximum atomic E-state index is 12.5. The number of likely N-dealkylation sites (tertiary alicyclic amines) is 1. The molecule has 1 heterocycles. The van der Waals surface area contributed by atoms with Gasteiger partial charge in [-0.25, -0.2) is 13.6 Å². The Morgan fingerprint density at radius 3 is 2.62 bits per heavy atom. The molecule has 116 valence electrons. The number of sulfonamides is 1. The summed E-state index contributed by atoms with van der Waals surface area (Å²) in [6, 6.07) is 2.33. The number of carbonyl (C=O) groups is 1. The van der Waals surface area contributed by atoms with Crippen LogP contribution >= 0.6 is 23.2 Å². The van der Waals surface area contributed by atoms with Crippen molar-refractivity contribution in [2.45, 2.75) is 24.7 Å². The molecule has 0 aliphatic carbocycles. The SMILES string of the molecule is CCC1CCN(C(=O)c2cc(S(N)(=O)=O)cc(Cl)c2Cl)C1. The van der Waals surface area contributed by atoms with E-state index in [0.717, 1.165) is 18.9 Å². The zero-order valence-corrected chi connectivity index (χ0v) is 13.8. The van der Waals surface area contributed by atoms with Crippen molar-refractivity contribution in [2.75, 3.05) is 13.1 Å². The van der Waals surface area contributed by atoms with Crippen LogP contribution in [0.5, 0.6) is 0 Å². The van der Waals surface area contributed by atoms with Crippen molar-refractivity contribution >= 4 is 39.1 Å². The minimum atomic E-state index is -3.95. The highest BCUT2D eigenvalue weighted by atomic mass is 35.5. The fourth-order valence-corrected chi connectivity index (χ4v) is 3.44. The predicted octanol–water partition coefficient (Wildman–Crippen LogP) is 2.51. The largest absolute Gasteiger partial charge is 0.338 e. The number of primary sulfonamides is 1. The number of benzene rings is 1. The van der Waals surface area contributed by atoms with E-state index in [1.807, 2.05) is 0 Å². The van der Waals surface area contributed by atoms with E-state index in [9.17, 15) is 13.2 Å². The van der Waals surface area contributed by atoms with Crippen LogP contribution < -0.4 is 5.14 Å². The minimum Gasteiger partial charge on any atom is -0.338 e. The molecule has 5 nitrogen and oxygen atoms in total. The molecule has 2 rings (SSSR count). The van der Waals surface area contributed by atoms with E-state index in [2.05, 4.69) is 6.92 Å². The normalized spacial score (nSPS) is 19.0. The first kappa shape index (κ1) is 16.5. The summed E-state index contributed by atoms with van der Waals surface area (Å²) in [7, 11) is -3.95. The van der Waals surface area contributed by atoms with Gasteiger partial charge >= 0.3 is 0 Å². The Morgan fingerprint density at radius 1 is 1.43 bits per heavy atom. The Labute approximate surface area is 134 Å². The molecule has 0 bridgehead atoms. The molecule has 1 unspecified atom stereocenters. The standard InChI is InChI=1S/C13H16Cl2N2O3S/c1-2-8-3-4-17(7-8)13(18)10-5-9(21(16,19)20)6-11(14)12(10)15/h5-6,8H,2-4,7H2,1H3,(H2,16,19,20). The Bertz CT molecular complexity index is 676. The third-order valence-electron chi connectivity index (χ3n) is 3.71. The van der Waals surface area contributed by atoms with Crippen LogP contribution in [0.3, 0.4) is 0 Å². The number of hydrogen-bond acceptors (Lipinski definition) is 3. The molecule has 21 heavy (non-hydrogen) atoms. The maximum absolute atomic E-state index is 12.5. The molecule has 0 aromatic heterocycles. The van der Waals surface area contributed by atoms with Crippen molar-refractivity contribution in [1.29, 1.82) is 0 Å². The molecule has 1 aliphatic rings. The number of hydrogen-bond donors (Lipinski definition) is 1. The van der Waals surface area contributed by atoms with Crippen molar-refractivity contribution in [1.82, 2.24) is 4.90 Å². The third kappa shape index (κ3) is 3.51. The van der Waals surface area contributed by atoms with Gasteiger partial charge in [0.15, 0.2) is 0 Å². The van der Waals surface area contributed by atoms with Crippen LogP contribution in [0.15, 0.2) is 17.0 Å². The molecule has 8 heteroatoms. The molecule has 0 radical (unpaired) electrons. The average molecular weight is 351 g/mol. The summed E-state index contributed by atoms with van der Waals surface area (Å²) in [5, 5.41) is 5.14. The summed E-state index contributed by atoms with van der Waals surface area (Å²) in [4.78, 5) is 14.0. The monoisotopic (exact) mass is 350 g/mol. The van der Waals surface area contributed by atoms with E-state index in [-0.39, 0.29) is 26.4 Å². The zero-order chi connectivity index (χ0) is 15.8. The number of carbonyl (C=O) groups excluding carboxylic acids is 1. The first-order valence-electron chi connectivity index (χ1n) is 6.55. The lowest BCUT2D eigenvalue weighted by Gasteiger charge is -2.18. The highest BCUT2D eigenvalue weighted by molar-refractivity contribution is 7.89. The van der Waals surface area contributed by atoms with Crippen LogP contribution in [0.2, 0.25) is 10.0 Å². The summed E-state index contributed by atoms with van der Waals surface area (Å²) in [5.41, 5.74) is 0.0740. The first-order chi connectivity index (χ1) is 9.74. The lowest BCUT2D eigenvalue weighted by molar-refractivity contribution is 0.0787. The van der Waals surface area contributed by atoms with E-state index >= 15 is 0 Å². The third-order valence-corrected chi connectivity index (χ3v) is 5.41. The van der Waals surface area contributed by atoms with E-state index in [1.54, 1.807) is 4.90 Å². The number of nitrogens with zero attached hydrogens (tertiary/aromatic N) is 1. The lowest BCUT2D eigenvalue weighted by Crippen LogP contribution is -2.29. The number of halogens is 2. The highest BCUT2D eigenvalue weighted by Gasteiger charge is 2.28. The zero-order valence-electron chi connectivity index (χ0n) is 11.5. The fourth-order valence-electron chi connectivity index (χ4n) is 2.40. The molecule has 1 atom stereocenters. The topological polar surface area (TPSA) is 80.5 Å². The van der Waals surface area contributed by atoms with E-state index in [4.69, 9.17) is 28.3 Å². The van der Waals surface area contributed by atoms with Gasteiger partial charge in [0.2, 0.25) is 10.0 Å². The second-order valence-electron chi connectivity index (χ2n) is 5.13. The van der Waals surface area contributed by atoms with Gasteiger partial charge < -0.3 is 4.90 Å². The van der Waals surface area contributed by atoms with Gasteiger partial charge in [0, 0.05) is 13.1 Å². The molecule has 0 spiro atoms. The van der Waals surface area contributed by atoms with Gasteiger partial charge in [0.1, 0.15) is 0 Å². The molecule has 0 saturated carbocycles. The second-order valence-corrected chi connectivity index (χ2v) is 7.47. The molecule has 1 aliphatic heterocycles. The summed E-state index contributed by atoms with van der Waals surface area (Å²) < 4.78 is 22.9. The Hall–Kier alpha value is -0.820. The Kier molecular flexibility index (Phi) is 4.82. The van der Waals surface area contributed by atoms with Gasteiger partial charge in [-0.05, 0) is 24.5 Å². The smallest absolute Gasteiger partial charge is 0.255 e. The van der Waals surface area contributed by atoms with Crippen LogP contribution in [0.4, 0.5) is 0 Å². The maximum Gasteiger partial charge on any atom is 0.255 e. The van der Waals surface area contributed by atoms with Gasteiger partial charge in [0.05, 0.1) is 20.5 Å². The van der Waals surface area contributed by atoms with E-state index in [0.29, 0.717) is 19.0 Å². The molecule has 1 fully saturated rings. The van der Waals surface area contributed by atoms with Crippen LogP contribution in [0, 0.1) is 5.92 Å². The van der Waals surface area contributed by atoms with Gasteiger partial charge in [-0.1, -0.05) is 36.5 Å². The van der Waals surface area contributed by atoms with Crippen LogP contribution in [-0.2, 0) is 10.0 Å². The van der Waals surface area contributed by atoms with Crippen molar-refractivity contribution < 1.29 is 13.2 Å². The van der Waals surface area contributed by atoms with Crippen molar-refractivity contribution in [3.8, 4) is 0 Å². The summed E-state index contributed by atoms with van der Waals surface area (Å²) in [6.45, 7) is 3.35. The van der Waals surface area contributed by atoms with Gasteiger partial charge in [-0.3, -0.25) is 4.79 Å². The van der Waals surface area contributed by atoms with E-state index in [1.165, 1.54) is 6.07 Å². The van der Waals surface area contributed by atoms with Crippen molar-refractivity contribution in [2.24, 2.45) is 11.1 Å². The molecule has 1 aromatic carbocycles. The van der Waals surface area contributed by atoms with Gasteiger partial charge in [-0.15, -0.1) is 0 Å². The molecular weight excluding hydrogens is 335 g/mol. The molecule has 1 aromatic rings. The summed E-state index contributed by atoms with van der Waals surface area (Å²) >= 11 is 12.0. The van der Waals surface area contributed by atoms with Crippen LogP contribution in [0.25, 0.3) is 0 Å². The summed E-state index contributed by atoms with van der Waals surface area (Å²) in [6.07, 6.45) is 1.93. The molecule has 1 saturated heterocycles. The number of nitrogens with two attached hydrogens (primary N) is 1. The van der Waals surface area contributed by atoms with Gasteiger partial charge in [-0.2, -0.15) is 0 Å².